The zero-order valence-electron chi connectivity index (χ0n) is 10.2. The van der Waals surface area contributed by atoms with E-state index in [1.807, 2.05) is 6.92 Å². The Morgan fingerprint density at radius 1 is 1.18 bits per heavy atom. The molecule has 17 heavy (non-hydrogen) atoms. The zero-order chi connectivity index (χ0) is 13.1. The van der Waals surface area contributed by atoms with E-state index in [0.717, 1.165) is 5.56 Å². The summed E-state index contributed by atoms with van der Waals surface area (Å²) in [7, 11) is -0.505. The van der Waals surface area contributed by atoms with Gasteiger partial charge in [0, 0.05) is 12.6 Å². The van der Waals surface area contributed by atoms with Crippen molar-refractivity contribution in [3.8, 4) is 11.5 Å². The third-order valence-corrected chi connectivity index (χ3v) is 4.17. The van der Waals surface area contributed by atoms with E-state index in [-0.39, 0.29) is 17.2 Å². The van der Waals surface area contributed by atoms with E-state index in [0.29, 0.717) is 11.5 Å². The van der Waals surface area contributed by atoms with Crippen LogP contribution in [0.5, 0.6) is 11.5 Å². The highest BCUT2D eigenvalue weighted by Gasteiger charge is 2.21. The summed E-state index contributed by atoms with van der Waals surface area (Å²) < 4.78 is 34.1. The van der Waals surface area contributed by atoms with E-state index in [1.54, 1.807) is 6.07 Å². The van der Waals surface area contributed by atoms with Gasteiger partial charge in [-0.3, -0.25) is 0 Å². The molecule has 0 atom stereocenters. The highest BCUT2D eigenvalue weighted by Crippen LogP contribution is 2.32. The number of hydrogen-bond acceptors (Lipinski definition) is 5. The maximum absolute atomic E-state index is 12.0. The number of ether oxygens (including phenoxy) is 2. The molecule has 0 saturated heterocycles. The molecule has 96 valence electrons. The average Bonchev–Trinajstić information content (AvgIpc) is 2.28. The Morgan fingerprint density at radius 2 is 1.76 bits per heavy atom. The van der Waals surface area contributed by atoms with Gasteiger partial charge in [0.05, 0.1) is 20.0 Å². The highest BCUT2D eigenvalue weighted by atomic mass is 32.2. The van der Waals surface area contributed by atoms with Crippen molar-refractivity contribution in [2.24, 2.45) is 5.73 Å². The molecule has 2 N–H and O–H groups in total. The first-order valence-electron chi connectivity index (χ1n) is 5.11. The van der Waals surface area contributed by atoms with Crippen LogP contribution >= 0.6 is 0 Å². The number of nitrogens with two attached hydrogens (primary N) is 1. The van der Waals surface area contributed by atoms with Crippen molar-refractivity contribution in [2.75, 3.05) is 26.5 Å². The first-order chi connectivity index (χ1) is 7.96. The summed E-state index contributed by atoms with van der Waals surface area (Å²) in [5.41, 5.74) is 6.11. The summed E-state index contributed by atoms with van der Waals surface area (Å²) in [6, 6.07) is 3.11. The Bertz CT molecular complexity index is 496. The first-order valence-corrected chi connectivity index (χ1v) is 6.77. The molecule has 5 nitrogen and oxygen atoms in total. The van der Waals surface area contributed by atoms with Crippen LogP contribution in [0.4, 0.5) is 0 Å². The number of aryl methyl sites for hydroxylation is 1. The van der Waals surface area contributed by atoms with Crippen LogP contribution in [-0.2, 0) is 9.84 Å². The van der Waals surface area contributed by atoms with E-state index in [9.17, 15) is 8.42 Å². The van der Waals surface area contributed by atoms with Crippen molar-refractivity contribution in [2.45, 2.75) is 11.8 Å². The molecule has 6 heteroatoms. The number of methoxy groups -OCH3 is 2. The molecule has 0 aliphatic heterocycles. The quantitative estimate of drug-likeness (QED) is 0.844. The van der Waals surface area contributed by atoms with Gasteiger partial charge < -0.3 is 15.2 Å². The SMILES string of the molecule is COc1cc(S(=O)(=O)CCN)c(OC)cc1C. The highest BCUT2D eigenvalue weighted by molar-refractivity contribution is 7.91. The molecular formula is C11H17NO4S. The van der Waals surface area contributed by atoms with E-state index in [2.05, 4.69) is 0 Å². The summed E-state index contributed by atoms with van der Waals surface area (Å²) in [5, 5.41) is 0. The van der Waals surface area contributed by atoms with Crippen LogP contribution in [0.1, 0.15) is 5.56 Å². The average molecular weight is 259 g/mol. The standard InChI is InChI=1S/C11H17NO4S/c1-8-6-10(16-3)11(7-9(8)15-2)17(13,14)5-4-12/h6-7H,4-5,12H2,1-3H3. The second kappa shape index (κ2) is 5.37. The number of rotatable bonds is 5. The van der Waals surface area contributed by atoms with Crippen LogP contribution in [0.15, 0.2) is 17.0 Å². The number of benzene rings is 1. The van der Waals surface area contributed by atoms with E-state index in [4.69, 9.17) is 15.2 Å². The normalized spacial score (nSPS) is 11.3. The lowest BCUT2D eigenvalue weighted by atomic mass is 10.2. The molecule has 0 unspecified atom stereocenters. The predicted molar refractivity (Wildman–Crippen MR) is 65.4 cm³/mol. The largest absolute Gasteiger partial charge is 0.496 e. The van der Waals surface area contributed by atoms with Crippen molar-refractivity contribution in [3.63, 3.8) is 0 Å². The third-order valence-electron chi connectivity index (χ3n) is 2.40. The van der Waals surface area contributed by atoms with Gasteiger partial charge in [-0.1, -0.05) is 0 Å². The van der Waals surface area contributed by atoms with E-state index < -0.39 is 9.84 Å². The van der Waals surface area contributed by atoms with Crippen molar-refractivity contribution in [1.82, 2.24) is 0 Å². The fourth-order valence-corrected chi connectivity index (χ4v) is 2.80. The predicted octanol–water partition coefficient (Wildman–Crippen LogP) is 0.745. The maximum Gasteiger partial charge on any atom is 0.183 e. The second-order valence-electron chi connectivity index (χ2n) is 3.58. The molecule has 1 aromatic carbocycles. The molecule has 0 radical (unpaired) electrons. The van der Waals surface area contributed by atoms with Gasteiger partial charge in [-0.05, 0) is 18.6 Å². The monoisotopic (exact) mass is 259 g/mol. The van der Waals surface area contributed by atoms with E-state index >= 15 is 0 Å². The van der Waals surface area contributed by atoms with Crippen molar-refractivity contribution in [1.29, 1.82) is 0 Å². The van der Waals surface area contributed by atoms with Crippen LogP contribution < -0.4 is 15.2 Å². The van der Waals surface area contributed by atoms with Crippen molar-refractivity contribution in [3.05, 3.63) is 17.7 Å². The molecule has 0 saturated carbocycles. The minimum Gasteiger partial charge on any atom is -0.496 e. The molecule has 0 amide bonds. The third kappa shape index (κ3) is 2.89. The fraction of sp³-hybridized carbons (Fsp3) is 0.455. The molecular weight excluding hydrogens is 242 g/mol. The Hall–Kier alpha value is -1.27. The summed E-state index contributed by atoms with van der Waals surface area (Å²) in [6.45, 7) is 1.89. The molecule has 0 fully saturated rings. The first kappa shape index (κ1) is 13.8. The van der Waals surface area contributed by atoms with Gasteiger partial charge in [0.2, 0.25) is 0 Å². The Kier molecular flexibility index (Phi) is 4.36. The van der Waals surface area contributed by atoms with Crippen LogP contribution in [0, 0.1) is 6.92 Å². The molecule has 0 aliphatic rings. The lowest BCUT2D eigenvalue weighted by molar-refractivity contribution is 0.390. The van der Waals surface area contributed by atoms with E-state index in [1.165, 1.54) is 20.3 Å². The van der Waals surface area contributed by atoms with Crippen molar-refractivity contribution < 1.29 is 17.9 Å². The summed E-state index contributed by atoms with van der Waals surface area (Å²) in [4.78, 5) is 0.118. The van der Waals surface area contributed by atoms with Gasteiger partial charge in [0.15, 0.2) is 9.84 Å². The molecule has 0 aromatic heterocycles. The molecule has 1 aromatic rings. The van der Waals surface area contributed by atoms with Gasteiger partial charge >= 0.3 is 0 Å². The smallest absolute Gasteiger partial charge is 0.183 e. The molecule has 0 heterocycles. The van der Waals surface area contributed by atoms with Crippen LogP contribution in [0.2, 0.25) is 0 Å². The fourth-order valence-electron chi connectivity index (χ4n) is 1.53. The lowest BCUT2D eigenvalue weighted by Crippen LogP contribution is -2.16. The molecule has 0 bridgehead atoms. The Labute approximate surface area is 101 Å². The number of sulfone groups is 1. The molecule has 1 rings (SSSR count). The minimum absolute atomic E-state index is 0.0711. The Morgan fingerprint density at radius 3 is 2.24 bits per heavy atom. The molecule has 0 spiro atoms. The van der Waals surface area contributed by atoms with Gasteiger partial charge in [-0.15, -0.1) is 0 Å². The maximum atomic E-state index is 12.0. The number of hydrogen-bond donors (Lipinski definition) is 1. The van der Waals surface area contributed by atoms with Gasteiger partial charge in [0.25, 0.3) is 0 Å². The molecule has 0 aliphatic carbocycles. The second-order valence-corrected chi connectivity index (χ2v) is 5.66. The lowest BCUT2D eigenvalue weighted by Gasteiger charge is -2.13. The summed E-state index contributed by atoms with van der Waals surface area (Å²) >= 11 is 0. The summed E-state index contributed by atoms with van der Waals surface area (Å²) in [5.74, 6) is 0.716. The van der Waals surface area contributed by atoms with Gasteiger partial charge in [-0.25, -0.2) is 8.42 Å². The van der Waals surface area contributed by atoms with Gasteiger partial charge in [0.1, 0.15) is 16.4 Å². The van der Waals surface area contributed by atoms with Crippen molar-refractivity contribution >= 4 is 9.84 Å². The van der Waals surface area contributed by atoms with Gasteiger partial charge in [-0.2, -0.15) is 0 Å². The Balaban J connectivity index is 3.40. The minimum atomic E-state index is -3.43. The van der Waals surface area contributed by atoms with Crippen LogP contribution in [-0.4, -0.2) is 34.9 Å². The topological polar surface area (TPSA) is 78.6 Å². The zero-order valence-corrected chi connectivity index (χ0v) is 11.0. The summed E-state index contributed by atoms with van der Waals surface area (Å²) in [6.07, 6.45) is 0. The van der Waals surface area contributed by atoms with Crippen LogP contribution in [0.3, 0.4) is 0 Å². The van der Waals surface area contributed by atoms with Crippen LogP contribution in [0.25, 0.3) is 0 Å².